The molecule has 1 aliphatic heterocycles. The number of amides is 2. The number of carbonyl (C=O) groups excluding carboxylic acids is 2. The van der Waals surface area contributed by atoms with Gasteiger partial charge in [-0.2, -0.15) is 0 Å². The van der Waals surface area contributed by atoms with Crippen molar-refractivity contribution in [3.8, 4) is 0 Å². The molecule has 2 rings (SSSR count). The predicted octanol–water partition coefficient (Wildman–Crippen LogP) is 2.68. The van der Waals surface area contributed by atoms with Crippen molar-refractivity contribution in [2.24, 2.45) is 7.05 Å². The minimum atomic E-state index is -0.452. The third-order valence-corrected chi connectivity index (χ3v) is 4.48. The maximum atomic E-state index is 12.6. The van der Waals surface area contributed by atoms with Gasteiger partial charge in [-0.1, -0.05) is 23.2 Å². The first kappa shape index (κ1) is 17.0. The number of nitrogens with zero attached hydrogens (tertiary/aromatic N) is 2. The molecule has 2 amide bonds. The minimum absolute atomic E-state index is 0.108. The Balaban J connectivity index is 2.04. The van der Waals surface area contributed by atoms with E-state index in [9.17, 15) is 9.59 Å². The van der Waals surface area contributed by atoms with Crippen molar-refractivity contribution in [3.05, 3.63) is 21.9 Å². The molecule has 1 saturated heterocycles. The maximum absolute atomic E-state index is 12.6. The zero-order valence-electron chi connectivity index (χ0n) is 12.6. The van der Waals surface area contributed by atoms with Gasteiger partial charge in [-0.05, 0) is 25.8 Å². The fourth-order valence-corrected chi connectivity index (χ4v) is 2.90. The molecule has 0 radical (unpaired) electrons. The lowest BCUT2D eigenvalue weighted by molar-refractivity contribution is 0.0676. The molecule has 1 aromatic heterocycles. The highest BCUT2D eigenvalue weighted by atomic mass is 35.5. The van der Waals surface area contributed by atoms with Crippen LogP contribution in [0.3, 0.4) is 0 Å². The minimum Gasteiger partial charge on any atom is -0.450 e. The summed E-state index contributed by atoms with van der Waals surface area (Å²) in [5.74, 6) is -0.147. The number of rotatable bonds is 3. The van der Waals surface area contributed by atoms with Gasteiger partial charge in [-0.25, -0.2) is 4.79 Å². The fourth-order valence-electron chi connectivity index (χ4n) is 2.53. The maximum Gasteiger partial charge on any atom is 0.407 e. The second-order valence-corrected chi connectivity index (χ2v) is 5.95. The van der Waals surface area contributed by atoms with E-state index in [1.165, 1.54) is 0 Å². The summed E-state index contributed by atoms with van der Waals surface area (Å²) in [6.07, 6.45) is 1.18. The van der Waals surface area contributed by atoms with Gasteiger partial charge in [-0.3, -0.25) is 4.79 Å². The molecule has 1 aliphatic rings. The summed E-state index contributed by atoms with van der Waals surface area (Å²) in [6, 6.07) is 1.46. The van der Waals surface area contributed by atoms with Gasteiger partial charge >= 0.3 is 6.09 Å². The number of nitrogens with one attached hydrogen (secondary N) is 1. The van der Waals surface area contributed by atoms with Crippen molar-refractivity contribution in [3.63, 3.8) is 0 Å². The number of hydrogen-bond acceptors (Lipinski definition) is 3. The van der Waals surface area contributed by atoms with Crippen LogP contribution in [0.15, 0.2) is 6.07 Å². The van der Waals surface area contributed by atoms with Gasteiger partial charge in [0.2, 0.25) is 0 Å². The number of piperidine rings is 1. The Kier molecular flexibility index (Phi) is 5.58. The van der Waals surface area contributed by atoms with Gasteiger partial charge < -0.3 is 19.5 Å². The number of aromatic nitrogens is 1. The molecule has 0 saturated carbocycles. The molecular formula is C14H19Cl2N3O3. The van der Waals surface area contributed by atoms with E-state index in [0.29, 0.717) is 35.6 Å². The van der Waals surface area contributed by atoms with Crippen molar-refractivity contribution < 1.29 is 14.3 Å². The number of halogens is 2. The van der Waals surface area contributed by atoms with E-state index in [-0.39, 0.29) is 11.9 Å². The smallest absolute Gasteiger partial charge is 0.407 e. The van der Waals surface area contributed by atoms with Gasteiger partial charge in [0.1, 0.15) is 10.8 Å². The Bertz CT molecular complexity index is 574. The normalized spacial score (nSPS) is 18.2. The molecule has 1 aromatic rings. The molecule has 6 nitrogen and oxygen atoms in total. The molecule has 0 spiro atoms. The molecule has 2 heterocycles. The van der Waals surface area contributed by atoms with E-state index < -0.39 is 6.09 Å². The van der Waals surface area contributed by atoms with Crippen molar-refractivity contribution in [1.82, 2.24) is 14.8 Å². The second kappa shape index (κ2) is 7.24. The highest BCUT2D eigenvalue weighted by Crippen LogP contribution is 2.26. The standard InChI is InChI=1S/C14H19Cl2N3O3/c1-3-22-14(21)17-9-5-4-6-19(8-9)13(20)11-7-10(15)12(16)18(11)2/h7,9H,3-6,8H2,1-2H3,(H,17,21)/t9-/m0/s1. The average Bonchev–Trinajstić information content (AvgIpc) is 2.74. The van der Waals surface area contributed by atoms with Crippen LogP contribution < -0.4 is 5.32 Å². The highest BCUT2D eigenvalue weighted by Gasteiger charge is 2.28. The fraction of sp³-hybridized carbons (Fsp3) is 0.571. The Morgan fingerprint density at radius 1 is 1.45 bits per heavy atom. The first-order valence-electron chi connectivity index (χ1n) is 7.17. The summed E-state index contributed by atoms with van der Waals surface area (Å²) in [4.78, 5) is 25.8. The zero-order valence-corrected chi connectivity index (χ0v) is 14.1. The van der Waals surface area contributed by atoms with Gasteiger partial charge in [-0.15, -0.1) is 0 Å². The Morgan fingerprint density at radius 2 is 2.18 bits per heavy atom. The summed E-state index contributed by atoms with van der Waals surface area (Å²) in [6.45, 7) is 3.15. The van der Waals surface area contributed by atoms with Gasteiger partial charge in [0.05, 0.1) is 11.6 Å². The molecule has 0 unspecified atom stereocenters. The molecule has 122 valence electrons. The Morgan fingerprint density at radius 3 is 2.77 bits per heavy atom. The van der Waals surface area contributed by atoms with E-state index in [2.05, 4.69) is 5.32 Å². The van der Waals surface area contributed by atoms with Crippen LogP contribution in [-0.4, -0.2) is 47.2 Å². The van der Waals surface area contributed by atoms with Crippen LogP contribution in [0.2, 0.25) is 10.2 Å². The monoisotopic (exact) mass is 347 g/mol. The van der Waals surface area contributed by atoms with Gasteiger partial charge in [0.25, 0.3) is 5.91 Å². The molecule has 22 heavy (non-hydrogen) atoms. The van der Waals surface area contributed by atoms with Crippen LogP contribution >= 0.6 is 23.2 Å². The average molecular weight is 348 g/mol. The topological polar surface area (TPSA) is 63.6 Å². The summed E-state index contributed by atoms with van der Waals surface area (Å²) >= 11 is 12.0. The van der Waals surface area contributed by atoms with Crippen molar-refractivity contribution in [2.45, 2.75) is 25.8 Å². The van der Waals surface area contributed by atoms with Gasteiger partial charge in [0, 0.05) is 26.2 Å². The van der Waals surface area contributed by atoms with Crippen LogP contribution in [0.5, 0.6) is 0 Å². The van der Waals surface area contributed by atoms with Gasteiger partial charge in [0.15, 0.2) is 0 Å². The number of carbonyl (C=O) groups is 2. The molecule has 8 heteroatoms. The SMILES string of the molecule is CCOC(=O)N[C@H]1CCCN(C(=O)c2cc(Cl)c(Cl)n2C)C1. The zero-order chi connectivity index (χ0) is 16.3. The summed E-state index contributed by atoms with van der Waals surface area (Å²) < 4.78 is 6.43. The lowest BCUT2D eigenvalue weighted by Gasteiger charge is -2.33. The molecule has 0 aliphatic carbocycles. The molecule has 1 fully saturated rings. The largest absolute Gasteiger partial charge is 0.450 e. The first-order chi connectivity index (χ1) is 10.4. The Labute approximate surface area is 139 Å². The van der Waals surface area contributed by atoms with E-state index in [4.69, 9.17) is 27.9 Å². The Hall–Kier alpha value is -1.40. The van der Waals surface area contributed by atoms with Crippen LogP contribution in [0.4, 0.5) is 4.79 Å². The lowest BCUT2D eigenvalue weighted by atomic mass is 10.1. The molecular weight excluding hydrogens is 329 g/mol. The van der Waals surface area contributed by atoms with Crippen LogP contribution in [-0.2, 0) is 11.8 Å². The summed E-state index contributed by atoms with van der Waals surface area (Å²) in [5, 5.41) is 3.46. The lowest BCUT2D eigenvalue weighted by Crippen LogP contribution is -2.50. The van der Waals surface area contributed by atoms with E-state index in [1.807, 2.05) is 0 Å². The molecule has 1 N–H and O–H groups in total. The number of likely N-dealkylation sites (tertiary alicyclic amines) is 1. The number of hydrogen-bond donors (Lipinski definition) is 1. The molecule has 1 atom stereocenters. The van der Waals surface area contributed by atoms with Crippen molar-refractivity contribution in [1.29, 1.82) is 0 Å². The third-order valence-electron chi connectivity index (χ3n) is 3.64. The van der Waals surface area contributed by atoms with Crippen LogP contribution in [0.25, 0.3) is 0 Å². The summed E-state index contributed by atoms with van der Waals surface area (Å²) in [5.41, 5.74) is 0.437. The molecule has 0 bridgehead atoms. The second-order valence-electron chi connectivity index (χ2n) is 5.18. The summed E-state index contributed by atoms with van der Waals surface area (Å²) in [7, 11) is 1.69. The molecule has 0 aromatic carbocycles. The van der Waals surface area contributed by atoms with Crippen molar-refractivity contribution in [2.75, 3.05) is 19.7 Å². The van der Waals surface area contributed by atoms with E-state index >= 15 is 0 Å². The van der Waals surface area contributed by atoms with E-state index in [1.54, 1.807) is 29.5 Å². The highest BCUT2D eigenvalue weighted by molar-refractivity contribution is 6.41. The number of alkyl carbamates (subject to hydrolysis) is 1. The third kappa shape index (κ3) is 3.67. The predicted molar refractivity (Wildman–Crippen MR) is 84.5 cm³/mol. The number of ether oxygens (including phenoxy) is 1. The van der Waals surface area contributed by atoms with Crippen LogP contribution in [0.1, 0.15) is 30.3 Å². The van der Waals surface area contributed by atoms with Crippen LogP contribution in [0, 0.1) is 0 Å². The first-order valence-corrected chi connectivity index (χ1v) is 7.93. The van der Waals surface area contributed by atoms with E-state index in [0.717, 1.165) is 12.8 Å². The van der Waals surface area contributed by atoms with Crippen molar-refractivity contribution >= 4 is 35.2 Å². The quantitative estimate of drug-likeness (QED) is 0.914.